The van der Waals surface area contributed by atoms with Crippen molar-refractivity contribution in [2.24, 2.45) is 0 Å². The van der Waals surface area contributed by atoms with Gasteiger partial charge in [-0.1, -0.05) is 0 Å². The number of hydrogen-bond donors (Lipinski definition) is 0. The Balaban J connectivity index is 2.78. The zero-order valence-electron chi connectivity index (χ0n) is 6.90. The van der Waals surface area contributed by atoms with E-state index in [2.05, 4.69) is 60.2 Å². The van der Waals surface area contributed by atoms with Crippen molar-refractivity contribution in [1.82, 2.24) is 0 Å². The Hall–Kier alpha value is -0.480. The average molecular weight is 222 g/mol. The van der Waals surface area contributed by atoms with Crippen molar-refractivity contribution in [3.05, 3.63) is 0 Å². The van der Waals surface area contributed by atoms with Crippen LogP contribution in [0.25, 0.3) is 0 Å². The van der Waals surface area contributed by atoms with Gasteiger partial charge >= 0.3 is 0 Å². The highest BCUT2D eigenvalue weighted by Gasteiger charge is 1.96. The van der Waals surface area contributed by atoms with E-state index >= 15 is 0 Å². The van der Waals surface area contributed by atoms with E-state index in [0.717, 1.165) is 14.2 Å². The summed E-state index contributed by atoms with van der Waals surface area (Å²) >= 11 is 0. The summed E-state index contributed by atoms with van der Waals surface area (Å²) in [6.45, 7) is 0. The smallest absolute Gasteiger partial charge is 0.0745 e. The minimum atomic E-state index is 1.14. The molecule has 0 radical (unpaired) electrons. The predicted molar refractivity (Wildman–Crippen MR) is 24.9 cm³/mol. The van der Waals surface area contributed by atoms with Gasteiger partial charge in [-0.15, -0.1) is 0 Å². The van der Waals surface area contributed by atoms with E-state index in [9.17, 15) is 0 Å². The van der Waals surface area contributed by atoms with Crippen LogP contribution >= 0.6 is 0 Å². The molecule has 0 spiro atoms. The molecule has 0 bridgehead atoms. The van der Waals surface area contributed by atoms with Crippen LogP contribution in [-0.4, -0.2) is 14.2 Å². The van der Waals surface area contributed by atoms with Gasteiger partial charge in [-0.05, 0) is 50.4 Å². The SMILES string of the molecule is COOOOOOOOOOOOC. The fourth-order valence-electron chi connectivity index (χ4n) is 0.146. The lowest BCUT2D eigenvalue weighted by atomic mass is 11.8. The van der Waals surface area contributed by atoms with Gasteiger partial charge < -0.3 is 0 Å². The minimum Gasteiger partial charge on any atom is -0.207 e. The predicted octanol–water partition coefficient (Wildman–Crippen LogP) is -0.490. The van der Waals surface area contributed by atoms with Crippen molar-refractivity contribution in [2.75, 3.05) is 14.2 Å². The highest BCUT2D eigenvalue weighted by Crippen LogP contribution is 1.90. The molecule has 0 unspecified atom stereocenters. The lowest BCUT2D eigenvalue weighted by molar-refractivity contribution is -0.862. The molecule has 86 valence electrons. The Morgan fingerprint density at radius 3 is 0.786 bits per heavy atom. The highest BCUT2D eigenvalue weighted by atomic mass is 18.0. The van der Waals surface area contributed by atoms with Crippen LogP contribution in [0.2, 0.25) is 0 Å². The van der Waals surface area contributed by atoms with Crippen LogP contribution in [0.5, 0.6) is 0 Å². The molecule has 0 atom stereocenters. The lowest BCUT2D eigenvalue weighted by Crippen LogP contribution is -2.03. The van der Waals surface area contributed by atoms with Crippen LogP contribution in [0.3, 0.4) is 0 Å². The van der Waals surface area contributed by atoms with Gasteiger partial charge in [0.15, 0.2) is 0 Å². The van der Waals surface area contributed by atoms with Gasteiger partial charge in [-0.3, -0.25) is 0 Å². The first-order chi connectivity index (χ1) is 6.91. The molecule has 12 heteroatoms. The maximum absolute atomic E-state index is 3.88. The number of rotatable bonds is 11. The molecule has 0 aromatic heterocycles. The fourth-order valence-corrected chi connectivity index (χ4v) is 0.146. The van der Waals surface area contributed by atoms with E-state index in [1.807, 2.05) is 0 Å². The van der Waals surface area contributed by atoms with E-state index in [4.69, 9.17) is 0 Å². The van der Waals surface area contributed by atoms with Crippen molar-refractivity contribution >= 4 is 0 Å². The molecule has 0 saturated carbocycles. The molecule has 0 amide bonds. The summed E-state index contributed by atoms with van der Waals surface area (Å²) in [5.41, 5.74) is 0. The van der Waals surface area contributed by atoms with Crippen LogP contribution in [0.4, 0.5) is 0 Å². The zero-order chi connectivity index (χ0) is 10.5. The number of hydrogen-bond acceptors (Lipinski definition) is 12. The van der Waals surface area contributed by atoms with Gasteiger partial charge in [0, 0.05) is 0 Å². The standard InChI is InChI=1S/C2H6O12/c1-3-5-7-9-11-13-14-12-10-8-6-4-2/h1-2H3. The van der Waals surface area contributed by atoms with Crippen molar-refractivity contribution in [3.63, 3.8) is 0 Å². The molecule has 0 aromatic carbocycles. The van der Waals surface area contributed by atoms with Gasteiger partial charge in [-0.2, -0.15) is 0 Å². The fraction of sp³-hybridized carbons (Fsp3) is 1.00. The Morgan fingerprint density at radius 1 is 0.357 bits per heavy atom. The third kappa shape index (κ3) is 11.5. The summed E-state index contributed by atoms with van der Waals surface area (Å²) in [4.78, 5) is 7.77. The third-order valence-electron chi connectivity index (χ3n) is 0.386. The van der Waals surface area contributed by atoms with E-state index in [1.165, 1.54) is 0 Å². The molecule has 12 nitrogen and oxygen atoms in total. The maximum Gasteiger partial charge on any atom is 0.0745 e. The first kappa shape index (κ1) is 13.5. The lowest BCUT2D eigenvalue weighted by Gasteiger charge is -1.97. The molecule has 0 fully saturated rings. The second kappa shape index (κ2) is 12.5. The molecule has 0 heterocycles. The quantitative estimate of drug-likeness (QED) is 0.255. The third-order valence-corrected chi connectivity index (χ3v) is 0.386. The van der Waals surface area contributed by atoms with Crippen LogP contribution in [0.15, 0.2) is 0 Å². The second-order valence-corrected chi connectivity index (χ2v) is 1.01. The van der Waals surface area contributed by atoms with Crippen LogP contribution in [0, 0.1) is 0 Å². The summed E-state index contributed by atoms with van der Waals surface area (Å²) < 4.78 is 0. The van der Waals surface area contributed by atoms with Gasteiger partial charge in [0.2, 0.25) is 0 Å². The summed E-state index contributed by atoms with van der Waals surface area (Å²) in [6.07, 6.45) is 0. The van der Waals surface area contributed by atoms with Crippen molar-refractivity contribution in [2.45, 2.75) is 0 Å². The van der Waals surface area contributed by atoms with Crippen LogP contribution < -0.4 is 0 Å². The van der Waals surface area contributed by atoms with Gasteiger partial charge in [0.25, 0.3) is 0 Å². The molecular weight excluding hydrogens is 216 g/mol. The van der Waals surface area contributed by atoms with Crippen LogP contribution in [0.1, 0.15) is 0 Å². The first-order valence-electron chi connectivity index (χ1n) is 2.65. The molecule has 0 saturated heterocycles. The molecule has 0 aromatic rings. The van der Waals surface area contributed by atoms with E-state index in [0.29, 0.717) is 0 Å². The van der Waals surface area contributed by atoms with Gasteiger partial charge in [0.1, 0.15) is 0 Å². The molecule has 14 heavy (non-hydrogen) atoms. The van der Waals surface area contributed by atoms with Crippen molar-refractivity contribution in [3.8, 4) is 0 Å². The van der Waals surface area contributed by atoms with Crippen LogP contribution in [-0.2, 0) is 60.2 Å². The molecule has 0 aliphatic carbocycles. The zero-order valence-corrected chi connectivity index (χ0v) is 6.90. The van der Waals surface area contributed by atoms with Gasteiger partial charge in [-0.25, -0.2) is 9.78 Å². The Morgan fingerprint density at radius 2 is 0.571 bits per heavy atom. The summed E-state index contributed by atoms with van der Waals surface area (Å²) in [6, 6.07) is 0. The molecular formula is C2H6O12. The monoisotopic (exact) mass is 222 g/mol. The maximum atomic E-state index is 3.88. The summed E-state index contributed by atoms with van der Waals surface area (Å²) in [5, 5.41) is 35.9. The van der Waals surface area contributed by atoms with E-state index in [-0.39, 0.29) is 0 Å². The summed E-state index contributed by atoms with van der Waals surface area (Å²) in [7, 11) is 2.29. The Kier molecular flexibility index (Phi) is 12.1. The largest absolute Gasteiger partial charge is 0.207 e. The minimum absolute atomic E-state index is 1.14. The van der Waals surface area contributed by atoms with Crippen molar-refractivity contribution < 1.29 is 60.2 Å². The van der Waals surface area contributed by atoms with E-state index in [1.54, 1.807) is 0 Å². The molecule has 0 N–H and O–H groups in total. The van der Waals surface area contributed by atoms with Gasteiger partial charge in [0.05, 0.1) is 14.2 Å². The Bertz CT molecular complexity index is 82.3. The average Bonchev–Trinajstić information content (AvgIpc) is 2.21. The molecule has 0 aliphatic rings. The normalized spacial score (nSPS) is 10.7. The molecule has 0 rings (SSSR count). The second-order valence-electron chi connectivity index (χ2n) is 1.01. The van der Waals surface area contributed by atoms with Crippen molar-refractivity contribution in [1.29, 1.82) is 0 Å². The molecule has 0 aliphatic heterocycles. The Labute approximate surface area is 75.7 Å². The van der Waals surface area contributed by atoms with E-state index < -0.39 is 0 Å². The first-order valence-corrected chi connectivity index (χ1v) is 2.65. The topological polar surface area (TPSA) is 111 Å². The highest BCUT2D eigenvalue weighted by molar-refractivity contribution is 3.36. The summed E-state index contributed by atoms with van der Waals surface area (Å²) in [5.74, 6) is 0.